The number of hydrogen-bond donors (Lipinski definition) is 0. The van der Waals surface area contributed by atoms with Crippen molar-refractivity contribution in [3.63, 3.8) is 0 Å². The summed E-state index contributed by atoms with van der Waals surface area (Å²) in [5.41, 5.74) is 0. The number of unbranched alkanes of at least 4 members (excludes halogenated alkanes) is 1. The van der Waals surface area contributed by atoms with Crippen molar-refractivity contribution in [2.45, 2.75) is 38.1 Å². The van der Waals surface area contributed by atoms with Crippen LogP contribution >= 0.6 is 0 Å². The van der Waals surface area contributed by atoms with Crippen molar-refractivity contribution in [1.82, 2.24) is 0 Å². The summed E-state index contributed by atoms with van der Waals surface area (Å²) in [7, 11) is 0. The summed E-state index contributed by atoms with van der Waals surface area (Å²) < 4.78 is 16.5. The molecule has 1 fully saturated rings. The Morgan fingerprint density at radius 2 is 2.46 bits per heavy atom. The molecule has 3 atom stereocenters. The highest BCUT2D eigenvalue weighted by molar-refractivity contribution is 5.04. The maximum absolute atomic E-state index is 5.67. The van der Waals surface area contributed by atoms with Gasteiger partial charge in [-0.05, 0) is 12.5 Å². The second-order valence-electron chi connectivity index (χ2n) is 3.49. The van der Waals surface area contributed by atoms with Gasteiger partial charge in [-0.1, -0.05) is 13.3 Å². The Labute approximate surface area is 78.7 Å². The van der Waals surface area contributed by atoms with Crippen molar-refractivity contribution in [3.8, 4) is 0 Å². The minimum Gasteiger partial charge on any atom is -0.492 e. The second kappa shape index (κ2) is 4.11. The van der Waals surface area contributed by atoms with Gasteiger partial charge in [0.2, 0.25) is 0 Å². The Bertz CT molecular complexity index is 191. The minimum absolute atomic E-state index is 0.108. The first-order chi connectivity index (χ1) is 6.42. The molecule has 1 saturated heterocycles. The van der Waals surface area contributed by atoms with Gasteiger partial charge in [0.05, 0.1) is 12.9 Å². The molecule has 0 spiro atoms. The van der Waals surface area contributed by atoms with Gasteiger partial charge in [0.15, 0.2) is 6.10 Å². The van der Waals surface area contributed by atoms with Gasteiger partial charge in [-0.15, -0.1) is 0 Å². The van der Waals surface area contributed by atoms with E-state index in [1.807, 2.05) is 6.08 Å². The van der Waals surface area contributed by atoms with Crippen LogP contribution in [0.2, 0.25) is 0 Å². The van der Waals surface area contributed by atoms with Crippen molar-refractivity contribution in [3.05, 3.63) is 12.3 Å². The van der Waals surface area contributed by atoms with Crippen molar-refractivity contribution in [2.75, 3.05) is 13.2 Å². The number of hydrogen-bond acceptors (Lipinski definition) is 3. The molecular weight excluding hydrogens is 168 g/mol. The van der Waals surface area contributed by atoms with Crippen LogP contribution in [-0.4, -0.2) is 31.5 Å². The fourth-order valence-electron chi connectivity index (χ4n) is 1.67. The van der Waals surface area contributed by atoms with Crippen molar-refractivity contribution >= 4 is 0 Å². The monoisotopic (exact) mass is 184 g/mol. The molecule has 0 amide bonds. The second-order valence-corrected chi connectivity index (χ2v) is 3.49. The predicted molar refractivity (Wildman–Crippen MR) is 48.4 cm³/mol. The summed E-state index contributed by atoms with van der Waals surface area (Å²) in [6.07, 6.45) is 6.32. The molecular formula is C10H16O3. The van der Waals surface area contributed by atoms with Crippen LogP contribution in [0.1, 0.15) is 19.8 Å². The highest BCUT2D eigenvalue weighted by Gasteiger charge is 2.40. The van der Waals surface area contributed by atoms with Gasteiger partial charge < -0.3 is 14.2 Å². The molecule has 74 valence electrons. The van der Waals surface area contributed by atoms with E-state index >= 15 is 0 Å². The SMILES string of the molecule is CCCCO[C@@H]1CO[C@@H]2C=CO[C@@H]21. The van der Waals surface area contributed by atoms with Crippen LogP contribution in [0.4, 0.5) is 0 Å². The number of rotatable bonds is 4. The maximum atomic E-state index is 5.67. The van der Waals surface area contributed by atoms with Crippen molar-refractivity contribution < 1.29 is 14.2 Å². The molecule has 3 nitrogen and oxygen atoms in total. The van der Waals surface area contributed by atoms with Gasteiger partial charge in [-0.3, -0.25) is 0 Å². The lowest BCUT2D eigenvalue weighted by atomic mass is 10.2. The number of ether oxygens (including phenoxy) is 3. The highest BCUT2D eigenvalue weighted by atomic mass is 16.6. The maximum Gasteiger partial charge on any atom is 0.156 e. The third-order valence-corrected chi connectivity index (χ3v) is 2.48. The molecule has 0 radical (unpaired) electrons. The van der Waals surface area contributed by atoms with Gasteiger partial charge in [0.25, 0.3) is 0 Å². The molecule has 2 rings (SSSR count). The summed E-state index contributed by atoms with van der Waals surface area (Å²) in [5, 5.41) is 0. The zero-order valence-electron chi connectivity index (χ0n) is 7.94. The highest BCUT2D eigenvalue weighted by Crippen LogP contribution is 2.26. The van der Waals surface area contributed by atoms with Crippen LogP contribution in [0, 0.1) is 0 Å². The fraction of sp³-hybridized carbons (Fsp3) is 0.800. The molecule has 0 bridgehead atoms. The van der Waals surface area contributed by atoms with Crippen LogP contribution in [0.25, 0.3) is 0 Å². The summed E-state index contributed by atoms with van der Waals surface area (Å²) in [5.74, 6) is 0. The lowest BCUT2D eigenvalue weighted by molar-refractivity contribution is -0.0142. The first-order valence-electron chi connectivity index (χ1n) is 4.97. The van der Waals surface area contributed by atoms with E-state index in [-0.39, 0.29) is 18.3 Å². The molecule has 0 aliphatic carbocycles. The topological polar surface area (TPSA) is 27.7 Å². The van der Waals surface area contributed by atoms with Gasteiger partial charge >= 0.3 is 0 Å². The molecule has 0 N–H and O–H groups in total. The van der Waals surface area contributed by atoms with E-state index in [0.29, 0.717) is 6.61 Å². The molecule has 3 heteroatoms. The first kappa shape index (κ1) is 9.03. The summed E-state index contributed by atoms with van der Waals surface area (Å²) in [6.45, 7) is 3.64. The zero-order chi connectivity index (χ0) is 9.10. The van der Waals surface area contributed by atoms with E-state index in [1.165, 1.54) is 6.42 Å². The largest absolute Gasteiger partial charge is 0.492 e. The summed E-state index contributed by atoms with van der Waals surface area (Å²) in [6, 6.07) is 0. The number of fused-ring (bicyclic) bond motifs is 1. The summed E-state index contributed by atoms with van der Waals surface area (Å²) >= 11 is 0. The van der Waals surface area contributed by atoms with E-state index < -0.39 is 0 Å². The van der Waals surface area contributed by atoms with Gasteiger partial charge in [0, 0.05) is 6.61 Å². The molecule has 2 aliphatic heterocycles. The molecule has 2 heterocycles. The van der Waals surface area contributed by atoms with Crippen molar-refractivity contribution in [1.29, 1.82) is 0 Å². The van der Waals surface area contributed by atoms with Crippen LogP contribution in [-0.2, 0) is 14.2 Å². The Hall–Kier alpha value is -0.540. The van der Waals surface area contributed by atoms with E-state index in [4.69, 9.17) is 14.2 Å². The predicted octanol–water partition coefficient (Wildman–Crippen LogP) is 1.48. The van der Waals surface area contributed by atoms with E-state index in [9.17, 15) is 0 Å². The fourth-order valence-corrected chi connectivity index (χ4v) is 1.67. The average Bonchev–Trinajstić information content (AvgIpc) is 2.68. The third kappa shape index (κ3) is 1.86. The molecule has 0 aromatic carbocycles. The molecule has 0 aromatic heterocycles. The van der Waals surface area contributed by atoms with Gasteiger partial charge in [0.1, 0.15) is 12.2 Å². The Morgan fingerprint density at radius 3 is 3.31 bits per heavy atom. The Kier molecular flexibility index (Phi) is 2.86. The average molecular weight is 184 g/mol. The van der Waals surface area contributed by atoms with E-state index in [2.05, 4.69) is 6.92 Å². The van der Waals surface area contributed by atoms with Gasteiger partial charge in [-0.25, -0.2) is 0 Å². The van der Waals surface area contributed by atoms with E-state index in [0.717, 1.165) is 13.0 Å². The first-order valence-corrected chi connectivity index (χ1v) is 4.97. The van der Waals surface area contributed by atoms with Crippen LogP contribution in [0.15, 0.2) is 12.3 Å². The smallest absolute Gasteiger partial charge is 0.156 e. The standard InChI is InChI=1S/C10H16O3/c1-2-3-5-11-9-7-13-8-4-6-12-10(8)9/h4,6,8-10H,2-3,5,7H2,1H3/t8-,9-,10+/m1/s1. The van der Waals surface area contributed by atoms with Crippen LogP contribution in [0.3, 0.4) is 0 Å². The molecule has 0 unspecified atom stereocenters. The quantitative estimate of drug-likeness (QED) is 0.619. The molecule has 2 aliphatic rings. The molecule has 0 saturated carbocycles. The molecule has 0 aromatic rings. The van der Waals surface area contributed by atoms with Crippen molar-refractivity contribution in [2.24, 2.45) is 0 Å². The Morgan fingerprint density at radius 1 is 1.54 bits per heavy atom. The summed E-state index contributed by atoms with van der Waals surface area (Å²) in [4.78, 5) is 0. The van der Waals surface area contributed by atoms with E-state index in [1.54, 1.807) is 6.26 Å². The lowest BCUT2D eigenvalue weighted by Crippen LogP contribution is -2.30. The lowest BCUT2D eigenvalue weighted by Gasteiger charge is -2.16. The van der Waals surface area contributed by atoms with Crippen LogP contribution in [0.5, 0.6) is 0 Å². The van der Waals surface area contributed by atoms with Crippen LogP contribution < -0.4 is 0 Å². The minimum atomic E-state index is 0.108. The third-order valence-electron chi connectivity index (χ3n) is 2.48. The van der Waals surface area contributed by atoms with Gasteiger partial charge in [-0.2, -0.15) is 0 Å². The zero-order valence-corrected chi connectivity index (χ0v) is 7.94. The molecule has 13 heavy (non-hydrogen) atoms. The Balaban J connectivity index is 1.75. The normalized spacial score (nSPS) is 36.2.